The number of ether oxygens (including phenoxy) is 1. The number of carbonyl (C=O) groups is 1. The Bertz CT molecular complexity index is 434. The molecule has 0 bridgehead atoms. The minimum atomic E-state index is -0.500. The van der Waals surface area contributed by atoms with E-state index >= 15 is 0 Å². The number of carbonyl (C=O) groups excluding carboxylic acids is 1. The minimum Gasteiger partial charge on any atom is -0.378 e. The Labute approximate surface area is 114 Å². The van der Waals surface area contributed by atoms with Gasteiger partial charge in [0, 0.05) is 36.3 Å². The van der Waals surface area contributed by atoms with Crippen LogP contribution >= 0.6 is 0 Å². The van der Waals surface area contributed by atoms with E-state index in [1.165, 1.54) is 0 Å². The highest BCUT2D eigenvalue weighted by Gasteiger charge is 2.26. The van der Waals surface area contributed by atoms with Crippen LogP contribution in [-0.2, 0) is 4.74 Å². The fourth-order valence-corrected chi connectivity index (χ4v) is 2.13. The normalized spacial score (nSPS) is 16.5. The fraction of sp³-hybridized carbons (Fsp3) is 0.533. The molecule has 19 heavy (non-hydrogen) atoms. The minimum absolute atomic E-state index is 0.100. The summed E-state index contributed by atoms with van der Waals surface area (Å²) in [5.41, 5.74) is 7.02. The molecule has 0 spiro atoms. The van der Waals surface area contributed by atoms with Crippen molar-refractivity contribution in [2.75, 3.05) is 37.7 Å². The number of rotatable bonds is 4. The van der Waals surface area contributed by atoms with Gasteiger partial charge in [-0.15, -0.1) is 0 Å². The first-order valence-electron chi connectivity index (χ1n) is 6.72. The van der Waals surface area contributed by atoms with Crippen molar-refractivity contribution in [3.8, 4) is 0 Å². The number of hydrogen-bond donors (Lipinski definition) is 1. The van der Waals surface area contributed by atoms with Gasteiger partial charge >= 0.3 is 0 Å². The molecule has 4 heteroatoms. The number of nitrogens with zero attached hydrogens (tertiary/aromatic N) is 1. The molecule has 104 valence electrons. The number of anilines is 1. The third-order valence-electron chi connectivity index (χ3n) is 3.63. The van der Waals surface area contributed by atoms with Gasteiger partial charge in [0.05, 0.1) is 13.2 Å². The van der Waals surface area contributed by atoms with Gasteiger partial charge in [-0.3, -0.25) is 4.79 Å². The van der Waals surface area contributed by atoms with Crippen molar-refractivity contribution in [3.63, 3.8) is 0 Å². The van der Waals surface area contributed by atoms with Crippen LogP contribution in [-0.4, -0.2) is 38.6 Å². The van der Waals surface area contributed by atoms with Gasteiger partial charge in [0.15, 0.2) is 5.78 Å². The molecule has 1 aromatic carbocycles. The van der Waals surface area contributed by atoms with E-state index in [0.717, 1.165) is 37.6 Å². The van der Waals surface area contributed by atoms with Gasteiger partial charge in [-0.05, 0) is 24.3 Å². The molecule has 0 aliphatic carbocycles. The zero-order valence-electron chi connectivity index (χ0n) is 11.7. The third-order valence-corrected chi connectivity index (χ3v) is 3.63. The predicted octanol–water partition coefficient (Wildman–Crippen LogP) is 1.69. The number of hydrogen-bond acceptors (Lipinski definition) is 4. The lowest BCUT2D eigenvalue weighted by Crippen LogP contribution is -2.36. The molecule has 2 rings (SSSR count). The van der Waals surface area contributed by atoms with Gasteiger partial charge in [0.25, 0.3) is 0 Å². The highest BCUT2D eigenvalue weighted by molar-refractivity contribution is 6.00. The average Bonchev–Trinajstić information content (AvgIpc) is 2.47. The maximum absolute atomic E-state index is 12.3. The Hall–Kier alpha value is -1.39. The molecule has 0 saturated carbocycles. The van der Waals surface area contributed by atoms with E-state index in [0.29, 0.717) is 6.54 Å². The molecule has 0 unspecified atom stereocenters. The van der Waals surface area contributed by atoms with E-state index in [1.54, 1.807) is 0 Å². The molecule has 1 aromatic rings. The molecule has 1 aliphatic heterocycles. The van der Waals surface area contributed by atoms with E-state index in [1.807, 2.05) is 38.1 Å². The first kappa shape index (κ1) is 14.0. The second kappa shape index (κ2) is 5.72. The number of Topliss-reactive ketones (excluding diaryl/α,β-unsaturated/α-hetero) is 1. The summed E-state index contributed by atoms with van der Waals surface area (Å²) in [4.78, 5) is 14.5. The number of morpholine rings is 1. The standard InChI is InChI=1S/C15H22N2O2/c1-15(2,11-16)14(18)12-3-5-13(6-4-12)17-7-9-19-10-8-17/h3-6H,7-11,16H2,1-2H3. The molecular weight excluding hydrogens is 240 g/mol. The summed E-state index contributed by atoms with van der Waals surface area (Å²) in [6.07, 6.45) is 0. The topological polar surface area (TPSA) is 55.6 Å². The molecule has 1 aliphatic rings. The lowest BCUT2D eigenvalue weighted by Gasteiger charge is -2.29. The summed E-state index contributed by atoms with van der Waals surface area (Å²) in [5.74, 6) is 0.100. The molecule has 2 N–H and O–H groups in total. The number of ketones is 1. The van der Waals surface area contributed by atoms with Crippen LogP contribution in [0.15, 0.2) is 24.3 Å². The van der Waals surface area contributed by atoms with Gasteiger partial charge in [0.2, 0.25) is 0 Å². The largest absolute Gasteiger partial charge is 0.378 e. The van der Waals surface area contributed by atoms with Crippen molar-refractivity contribution in [2.45, 2.75) is 13.8 Å². The van der Waals surface area contributed by atoms with Gasteiger partial charge in [-0.25, -0.2) is 0 Å². The van der Waals surface area contributed by atoms with E-state index in [9.17, 15) is 4.79 Å². The number of nitrogens with two attached hydrogens (primary N) is 1. The molecule has 0 radical (unpaired) electrons. The van der Waals surface area contributed by atoms with Gasteiger partial charge < -0.3 is 15.4 Å². The molecular formula is C15H22N2O2. The van der Waals surface area contributed by atoms with Crippen LogP contribution in [0.4, 0.5) is 5.69 Å². The van der Waals surface area contributed by atoms with Crippen LogP contribution in [0.3, 0.4) is 0 Å². The monoisotopic (exact) mass is 262 g/mol. The average molecular weight is 262 g/mol. The van der Waals surface area contributed by atoms with Crippen LogP contribution in [0.1, 0.15) is 24.2 Å². The summed E-state index contributed by atoms with van der Waals surface area (Å²) in [6.45, 7) is 7.46. The highest BCUT2D eigenvalue weighted by atomic mass is 16.5. The van der Waals surface area contributed by atoms with Crippen molar-refractivity contribution in [1.29, 1.82) is 0 Å². The van der Waals surface area contributed by atoms with Crippen molar-refractivity contribution < 1.29 is 9.53 Å². The van der Waals surface area contributed by atoms with E-state index < -0.39 is 5.41 Å². The molecule has 1 saturated heterocycles. The summed E-state index contributed by atoms with van der Waals surface area (Å²) in [7, 11) is 0. The predicted molar refractivity (Wildman–Crippen MR) is 76.6 cm³/mol. The quantitative estimate of drug-likeness (QED) is 0.839. The molecule has 4 nitrogen and oxygen atoms in total. The maximum Gasteiger partial charge on any atom is 0.169 e. The van der Waals surface area contributed by atoms with Crippen LogP contribution in [0.2, 0.25) is 0 Å². The lowest BCUT2D eigenvalue weighted by molar-refractivity contribution is 0.0847. The van der Waals surface area contributed by atoms with Gasteiger partial charge in [-0.2, -0.15) is 0 Å². The molecule has 1 heterocycles. The molecule has 0 amide bonds. The second-order valence-electron chi connectivity index (χ2n) is 5.56. The lowest BCUT2D eigenvalue weighted by atomic mass is 9.84. The molecule has 0 atom stereocenters. The summed E-state index contributed by atoms with van der Waals surface area (Å²) in [6, 6.07) is 7.80. The van der Waals surface area contributed by atoms with Crippen molar-refractivity contribution in [3.05, 3.63) is 29.8 Å². The Balaban J connectivity index is 2.12. The second-order valence-corrected chi connectivity index (χ2v) is 5.56. The van der Waals surface area contributed by atoms with Crippen LogP contribution in [0, 0.1) is 5.41 Å². The molecule has 1 fully saturated rings. The summed E-state index contributed by atoms with van der Waals surface area (Å²) < 4.78 is 5.33. The van der Waals surface area contributed by atoms with Crippen molar-refractivity contribution >= 4 is 11.5 Å². The van der Waals surface area contributed by atoms with E-state index in [2.05, 4.69) is 4.90 Å². The smallest absolute Gasteiger partial charge is 0.169 e. The van der Waals surface area contributed by atoms with Gasteiger partial charge in [-0.1, -0.05) is 13.8 Å². The summed E-state index contributed by atoms with van der Waals surface area (Å²) >= 11 is 0. The van der Waals surface area contributed by atoms with Crippen molar-refractivity contribution in [2.24, 2.45) is 11.1 Å². The SMILES string of the molecule is CC(C)(CN)C(=O)c1ccc(N2CCOCC2)cc1. The van der Waals surface area contributed by atoms with E-state index in [4.69, 9.17) is 10.5 Å². The fourth-order valence-electron chi connectivity index (χ4n) is 2.13. The maximum atomic E-state index is 12.3. The first-order chi connectivity index (χ1) is 9.04. The highest BCUT2D eigenvalue weighted by Crippen LogP contribution is 2.23. The van der Waals surface area contributed by atoms with Gasteiger partial charge in [0.1, 0.15) is 0 Å². The summed E-state index contributed by atoms with van der Waals surface area (Å²) in [5, 5.41) is 0. The zero-order valence-corrected chi connectivity index (χ0v) is 11.7. The first-order valence-corrected chi connectivity index (χ1v) is 6.72. The Kier molecular flexibility index (Phi) is 4.22. The Morgan fingerprint density at radius 3 is 2.37 bits per heavy atom. The zero-order chi connectivity index (χ0) is 13.9. The Morgan fingerprint density at radius 1 is 1.26 bits per heavy atom. The molecule has 0 aromatic heterocycles. The number of benzene rings is 1. The van der Waals surface area contributed by atoms with Crippen LogP contribution < -0.4 is 10.6 Å². The Morgan fingerprint density at radius 2 is 1.84 bits per heavy atom. The van der Waals surface area contributed by atoms with Crippen LogP contribution in [0.5, 0.6) is 0 Å². The van der Waals surface area contributed by atoms with Crippen LogP contribution in [0.25, 0.3) is 0 Å². The van der Waals surface area contributed by atoms with Crippen molar-refractivity contribution in [1.82, 2.24) is 0 Å². The van der Waals surface area contributed by atoms with E-state index in [-0.39, 0.29) is 5.78 Å². The third kappa shape index (κ3) is 3.14.